The van der Waals surface area contributed by atoms with Gasteiger partial charge in [-0.2, -0.15) is 5.10 Å². The summed E-state index contributed by atoms with van der Waals surface area (Å²) in [6.45, 7) is -0.203. The fourth-order valence-corrected chi connectivity index (χ4v) is 3.24. The van der Waals surface area contributed by atoms with Crippen LogP contribution in [0.2, 0.25) is 5.02 Å². The first-order chi connectivity index (χ1) is 14.9. The molecule has 0 saturated carbocycles. The maximum absolute atomic E-state index is 12.4. The normalized spacial score (nSPS) is 10.7. The standard InChI is InChI=1S/C22H15Br2ClN2O4/c23-15-5-8-17(9-6-15)30-13-21(28)27-26-12-14-11-16(24)7-10-20(14)31-22(29)18-3-1-2-4-19(18)25/h1-12H,13H2,(H,27,28)/b26-12+. The van der Waals surface area contributed by atoms with Gasteiger partial charge in [-0.3, -0.25) is 4.79 Å². The number of carbonyl (C=O) groups excluding carboxylic acids is 2. The summed E-state index contributed by atoms with van der Waals surface area (Å²) in [5.41, 5.74) is 3.09. The quantitative estimate of drug-likeness (QED) is 0.175. The Kier molecular flexibility index (Phi) is 8.22. The van der Waals surface area contributed by atoms with E-state index in [0.717, 1.165) is 8.95 Å². The minimum absolute atomic E-state index is 0.203. The predicted molar refractivity (Wildman–Crippen MR) is 126 cm³/mol. The van der Waals surface area contributed by atoms with Crippen LogP contribution in [0.4, 0.5) is 0 Å². The molecule has 0 aliphatic rings. The molecule has 1 amide bonds. The molecule has 0 heterocycles. The van der Waals surface area contributed by atoms with E-state index in [4.69, 9.17) is 21.1 Å². The molecule has 0 unspecified atom stereocenters. The van der Waals surface area contributed by atoms with Crippen molar-refractivity contribution in [2.24, 2.45) is 5.10 Å². The average Bonchev–Trinajstić information content (AvgIpc) is 2.75. The number of nitrogens with one attached hydrogen (secondary N) is 1. The molecule has 0 fully saturated rings. The van der Waals surface area contributed by atoms with Crippen molar-refractivity contribution in [2.45, 2.75) is 0 Å². The Labute approximate surface area is 200 Å². The number of carbonyl (C=O) groups is 2. The molecule has 9 heteroatoms. The van der Waals surface area contributed by atoms with E-state index >= 15 is 0 Å². The third kappa shape index (κ3) is 6.92. The number of nitrogens with zero attached hydrogens (tertiary/aromatic N) is 1. The fraction of sp³-hybridized carbons (Fsp3) is 0.0455. The van der Waals surface area contributed by atoms with Gasteiger partial charge in [-0.25, -0.2) is 10.2 Å². The molecule has 0 aliphatic carbocycles. The maximum Gasteiger partial charge on any atom is 0.345 e. The van der Waals surface area contributed by atoms with Crippen LogP contribution in [-0.2, 0) is 4.79 Å². The Bertz CT molecular complexity index is 1120. The van der Waals surface area contributed by atoms with E-state index in [1.165, 1.54) is 6.21 Å². The van der Waals surface area contributed by atoms with Gasteiger partial charge in [0.2, 0.25) is 0 Å². The summed E-state index contributed by atoms with van der Waals surface area (Å²) in [7, 11) is 0. The van der Waals surface area contributed by atoms with E-state index in [-0.39, 0.29) is 22.9 Å². The van der Waals surface area contributed by atoms with Gasteiger partial charge in [0.05, 0.1) is 16.8 Å². The number of esters is 1. The maximum atomic E-state index is 12.4. The number of halogens is 3. The average molecular weight is 567 g/mol. The number of hydrazone groups is 1. The third-order valence-electron chi connectivity index (χ3n) is 3.84. The minimum atomic E-state index is -0.602. The van der Waals surface area contributed by atoms with Crippen molar-refractivity contribution in [3.8, 4) is 11.5 Å². The topological polar surface area (TPSA) is 77.0 Å². The van der Waals surface area contributed by atoms with E-state index in [9.17, 15) is 9.59 Å². The van der Waals surface area contributed by atoms with Crippen LogP contribution in [0.1, 0.15) is 15.9 Å². The summed E-state index contributed by atoms with van der Waals surface area (Å²) < 4.78 is 12.5. The lowest BCUT2D eigenvalue weighted by Gasteiger charge is -2.09. The highest BCUT2D eigenvalue weighted by molar-refractivity contribution is 9.10. The molecule has 0 spiro atoms. The van der Waals surface area contributed by atoms with Crippen LogP contribution in [0.5, 0.6) is 11.5 Å². The molecule has 1 N–H and O–H groups in total. The molecule has 158 valence electrons. The fourth-order valence-electron chi connectivity index (χ4n) is 2.38. The van der Waals surface area contributed by atoms with Crippen LogP contribution in [0, 0.1) is 0 Å². The largest absolute Gasteiger partial charge is 0.484 e. The van der Waals surface area contributed by atoms with Crippen molar-refractivity contribution in [1.82, 2.24) is 5.43 Å². The summed E-state index contributed by atoms with van der Waals surface area (Å²) in [6.07, 6.45) is 1.37. The smallest absolute Gasteiger partial charge is 0.345 e. The summed E-state index contributed by atoms with van der Waals surface area (Å²) in [4.78, 5) is 24.4. The third-order valence-corrected chi connectivity index (χ3v) is 5.20. The second kappa shape index (κ2) is 11.1. The lowest BCUT2D eigenvalue weighted by molar-refractivity contribution is -0.123. The Balaban J connectivity index is 1.62. The van der Waals surface area contributed by atoms with Crippen LogP contribution in [0.3, 0.4) is 0 Å². The van der Waals surface area contributed by atoms with Crippen molar-refractivity contribution >= 4 is 61.6 Å². The summed E-state index contributed by atoms with van der Waals surface area (Å²) in [5.74, 6) is -0.224. The number of amides is 1. The van der Waals surface area contributed by atoms with Gasteiger partial charge in [0.1, 0.15) is 11.5 Å². The molecule has 0 aliphatic heterocycles. The molecular formula is C22H15Br2ClN2O4. The van der Waals surface area contributed by atoms with E-state index < -0.39 is 11.9 Å². The monoisotopic (exact) mass is 564 g/mol. The van der Waals surface area contributed by atoms with Crippen molar-refractivity contribution in [2.75, 3.05) is 6.61 Å². The Hall–Kier alpha value is -2.68. The summed E-state index contributed by atoms with van der Waals surface area (Å²) in [5, 5.41) is 4.21. The van der Waals surface area contributed by atoms with Crippen LogP contribution in [-0.4, -0.2) is 24.7 Å². The SMILES string of the molecule is O=C(COc1ccc(Br)cc1)N/N=C/c1cc(Br)ccc1OC(=O)c1ccccc1Cl. The van der Waals surface area contributed by atoms with Crippen molar-refractivity contribution < 1.29 is 19.1 Å². The van der Waals surface area contributed by atoms with E-state index in [0.29, 0.717) is 11.3 Å². The zero-order valence-electron chi connectivity index (χ0n) is 15.8. The van der Waals surface area contributed by atoms with Gasteiger partial charge in [-0.1, -0.05) is 55.6 Å². The molecule has 31 heavy (non-hydrogen) atoms. The first kappa shape index (κ1) is 23.0. The van der Waals surface area contributed by atoms with E-state index in [1.54, 1.807) is 54.6 Å². The van der Waals surface area contributed by atoms with Gasteiger partial charge in [-0.15, -0.1) is 0 Å². The van der Waals surface area contributed by atoms with E-state index in [2.05, 4.69) is 42.4 Å². The lowest BCUT2D eigenvalue weighted by atomic mass is 10.2. The Morgan fingerprint density at radius 2 is 1.71 bits per heavy atom. The first-order valence-electron chi connectivity index (χ1n) is 8.89. The van der Waals surface area contributed by atoms with Gasteiger partial charge in [0.15, 0.2) is 6.61 Å². The molecule has 0 bridgehead atoms. The number of hydrogen-bond acceptors (Lipinski definition) is 5. The van der Waals surface area contributed by atoms with Gasteiger partial charge < -0.3 is 9.47 Å². The second-order valence-corrected chi connectivity index (χ2v) is 8.33. The molecule has 3 aromatic carbocycles. The second-order valence-electron chi connectivity index (χ2n) is 6.09. The van der Waals surface area contributed by atoms with Crippen molar-refractivity contribution in [3.05, 3.63) is 91.8 Å². The highest BCUT2D eigenvalue weighted by atomic mass is 79.9. The molecule has 0 radical (unpaired) electrons. The van der Waals surface area contributed by atoms with Gasteiger partial charge >= 0.3 is 5.97 Å². The van der Waals surface area contributed by atoms with Crippen LogP contribution in [0.25, 0.3) is 0 Å². The number of ether oxygens (including phenoxy) is 2. The van der Waals surface area contributed by atoms with Crippen LogP contribution >= 0.6 is 43.5 Å². The van der Waals surface area contributed by atoms with Gasteiger partial charge in [0.25, 0.3) is 5.91 Å². The number of rotatable bonds is 7. The number of benzene rings is 3. The molecule has 0 saturated heterocycles. The number of hydrogen-bond donors (Lipinski definition) is 1. The predicted octanol–water partition coefficient (Wildman–Crippen LogP) is 5.61. The van der Waals surface area contributed by atoms with Crippen LogP contribution < -0.4 is 14.9 Å². The molecule has 3 rings (SSSR count). The van der Waals surface area contributed by atoms with E-state index in [1.807, 2.05) is 12.1 Å². The van der Waals surface area contributed by atoms with Crippen molar-refractivity contribution in [3.63, 3.8) is 0 Å². The summed E-state index contributed by atoms with van der Waals surface area (Å²) >= 11 is 12.7. The first-order valence-corrected chi connectivity index (χ1v) is 10.9. The highest BCUT2D eigenvalue weighted by Gasteiger charge is 2.14. The van der Waals surface area contributed by atoms with Gasteiger partial charge in [0, 0.05) is 14.5 Å². The molecule has 6 nitrogen and oxygen atoms in total. The zero-order chi connectivity index (χ0) is 22.2. The van der Waals surface area contributed by atoms with Crippen molar-refractivity contribution in [1.29, 1.82) is 0 Å². The molecular weight excluding hydrogens is 552 g/mol. The lowest BCUT2D eigenvalue weighted by Crippen LogP contribution is -2.24. The Morgan fingerprint density at radius 3 is 2.45 bits per heavy atom. The zero-order valence-corrected chi connectivity index (χ0v) is 19.8. The molecule has 0 atom stereocenters. The Morgan fingerprint density at radius 1 is 1.00 bits per heavy atom. The molecule has 3 aromatic rings. The van der Waals surface area contributed by atoms with Gasteiger partial charge in [-0.05, 0) is 54.6 Å². The summed E-state index contributed by atoms with van der Waals surface area (Å²) in [6, 6.07) is 18.7. The van der Waals surface area contributed by atoms with Crippen LogP contribution in [0.15, 0.2) is 80.8 Å². The highest BCUT2D eigenvalue weighted by Crippen LogP contribution is 2.24. The minimum Gasteiger partial charge on any atom is -0.484 e. The molecule has 0 aromatic heterocycles.